The van der Waals surface area contributed by atoms with Gasteiger partial charge < -0.3 is 19.2 Å². The highest BCUT2D eigenvalue weighted by atomic mass is 32.2. The fraction of sp³-hybridized carbons (Fsp3) is 0.312. The summed E-state index contributed by atoms with van der Waals surface area (Å²) in [5, 5.41) is 2.88. The average Bonchev–Trinajstić information content (AvgIpc) is 3.06. The summed E-state index contributed by atoms with van der Waals surface area (Å²) in [5.41, 5.74) is 0.470. The number of para-hydroxylation sites is 1. The maximum absolute atomic E-state index is 12.2. The second kappa shape index (κ2) is 8.38. The van der Waals surface area contributed by atoms with Crippen LogP contribution in [0.2, 0.25) is 0 Å². The third-order valence-corrected chi connectivity index (χ3v) is 3.99. The van der Waals surface area contributed by atoms with E-state index in [0.29, 0.717) is 23.6 Å². The number of hydrogen-bond acceptors (Lipinski definition) is 5. The molecule has 1 heterocycles. The second-order valence-corrected chi connectivity index (χ2v) is 5.53. The predicted octanol–water partition coefficient (Wildman–Crippen LogP) is 2.96. The van der Waals surface area contributed by atoms with Gasteiger partial charge in [-0.25, -0.2) is 0 Å². The first-order valence-corrected chi connectivity index (χ1v) is 8.01. The molecular weight excluding hydrogens is 302 g/mol. The molecule has 0 saturated carbocycles. The Balaban J connectivity index is 1.82. The molecule has 0 spiro atoms. The summed E-state index contributed by atoms with van der Waals surface area (Å²) in [6.07, 6.45) is 1.66. The number of benzene rings is 1. The average molecular weight is 321 g/mol. The van der Waals surface area contributed by atoms with E-state index >= 15 is 0 Å². The molecule has 2 aromatic rings. The Kier molecular flexibility index (Phi) is 6.21. The lowest BCUT2D eigenvalue weighted by molar-refractivity contribution is 0.0952. The van der Waals surface area contributed by atoms with Gasteiger partial charge in [-0.1, -0.05) is 6.07 Å². The molecular formula is C16H19NO4S. The minimum absolute atomic E-state index is 0.172. The highest BCUT2D eigenvalue weighted by Gasteiger charge is 2.15. The van der Waals surface area contributed by atoms with Crippen LogP contribution < -0.4 is 14.8 Å². The van der Waals surface area contributed by atoms with Gasteiger partial charge in [-0.05, 0) is 24.3 Å². The first-order valence-electron chi connectivity index (χ1n) is 6.85. The summed E-state index contributed by atoms with van der Waals surface area (Å²) in [4.78, 5) is 12.2. The van der Waals surface area contributed by atoms with Crippen LogP contribution in [0.3, 0.4) is 0 Å². The molecule has 118 valence electrons. The number of hydrogen-bond donors (Lipinski definition) is 1. The Morgan fingerprint density at radius 2 is 2.09 bits per heavy atom. The van der Waals surface area contributed by atoms with E-state index in [2.05, 4.69) is 5.32 Å². The van der Waals surface area contributed by atoms with E-state index < -0.39 is 0 Å². The van der Waals surface area contributed by atoms with E-state index in [9.17, 15) is 4.79 Å². The first kappa shape index (κ1) is 16.3. The van der Waals surface area contributed by atoms with Crippen molar-refractivity contribution in [2.24, 2.45) is 0 Å². The predicted molar refractivity (Wildman–Crippen MR) is 86.7 cm³/mol. The quantitative estimate of drug-likeness (QED) is 0.758. The zero-order valence-corrected chi connectivity index (χ0v) is 13.4. The van der Waals surface area contributed by atoms with Crippen molar-refractivity contribution in [3.05, 3.63) is 47.9 Å². The minimum atomic E-state index is -0.172. The van der Waals surface area contributed by atoms with Crippen molar-refractivity contribution >= 4 is 17.7 Å². The van der Waals surface area contributed by atoms with Crippen molar-refractivity contribution < 1.29 is 18.7 Å². The highest BCUT2D eigenvalue weighted by Crippen LogP contribution is 2.30. The molecule has 0 aliphatic rings. The Labute approximate surface area is 134 Å². The summed E-state index contributed by atoms with van der Waals surface area (Å²) in [6.45, 7) is 0.574. The van der Waals surface area contributed by atoms with Crippen molar-refractivity contribution in [1.82, 2.24) is 5.32 Å². The van der Waals surface area contributed by atoms with Gasteiger partial charge in [0.2, 0.25) is 0 Å². The summed E-state index contributed by atoms with van der Waals surface area (Å²) < 4.78 is 15.7. The molecule has 0 aliphatic carbocycles. The Morgan fingerprint density at radius 1 is 1.23 bits per heavy atom. The van der Waals surface area contributed by atoms with E-state index in [1.807, 2.05) is 12.1 Å². The van der Waals surface area contributed by atoms with Crippen molar-refractivity contribution in [2.45, 2.75) is 5.75 Å². The molecule has 0 atom stereocenters. The van der Waals surface area contributed by atoms with Crippen LogP contribution in [0, 0.1) is 0 Å². The van der Waals surface area contributed by atoms with Crippen LogP contribution in [0.25, 0.3) is 0 Å². The van der Waals surface area contributed by atoms with Gasteiger partial charge in [-0.2, -0.15) is 11.8 Å². The van der Waals surface area contributed by atoms with Crippen molar-refractivity contribution in [3.63, 3.8) is 0 Å². The van der Waals surface area contributed by atoms with Gasteiger partial charge in [0.05, 0.1) is 31.8 Å². The number of rotatable bonds is 8. The second-order valence-electron chi connectivity index (χ2n) is 4.43. The van der Waals surface area contributed by atoms with Gasteiger partial charge >= 0.3 is 0 Å². The molecule has 1 aromatic carbocycles. The first-order chi connectivity index (χ1) is 10.8. The largest absolute Gasteiger partial charge is 0.493 e. The maximum atomic E-state index is 12.2. The van der Waals surface area contributed by atoms with Crippen LogP contribution in [0.1, 0.15) is 16.1 Å². The number of thioether (sulfide) groups is 1. The van der Waals surface area contributed by atoms with Crippen LogP contribution in [0.15, 0.2) is 41.0 Å². The molecule has 0 bridgehead atoms. The Morgan fingerprint density at radius 3 is 2.77 bits per heavy atom. The fourth-order valence-electron chi connectivity index (χ4n) is 1.97. The number of nitrogens with one attached hydrogen (secondary N) is 1. The van der Waals surface area contributed by atoms with Gasteiger partial charge in [-0.15, -0.1) is 0 Å². The van der Waals surface area contributed by atoms with E-state index in [1.165, 1.54) is 7.11 Å². The molecule has 1 amide bonds. The lowest BCUT2D eigenvalue weighted by Gasteiger charge is -2.12. The highest BCUT2D eigenvalue weighted by molar-refractivity contribution is 7.98. The molecule has 2 rings (SSSR count). The zero-order valence-electron chi connectivity index (χ0n) is 12.6. The Bertz CT molecular complexity index is 598. The number of amides is 1. The molecule has 22 heavy (non-hydrogen) atoms. The molecule has 1 aromatic heterocycles. The molecule has 5 nitrogen and oxygen atoms in total. The van der Waals surface area contributed by atoms with E-state index in [0.717, 1.165) is 17.3 Å². The summed E-state index contributed by atoms with van der Waals surface area (Å²) in [5.74, 6) is 3.36. The Hall–Kier alpha value is -2.08. The van der Waals surface area contributed by atoms with Gasteiger partial charge in [-0.3, -0.25) is 4.79 Å². The topological polar surface area (TPSA) is 60.7 Å². The lowest BCUT2D eigenvalue weighted by atomic mass is 10.1. The SMILES string of the molecule is COc1cccc(C(=O)NCCSCc2ccco2)c1OC. The van der Waals surface area contributed by atoms with E-state index in [-0.39, 0.29) is 5.91 Å². The lowest BCUT2D eigenvalue weighted by Crippen LogP contribution is -2.26. The van der Waals surface area contributed by atoms with Crippen molar-refractivity contribution in [2.75, 3.05) is 26.5 Å². The third kappa shape index (κ3) is 4.21. The smallest absolute Gasteiger partial charge is 0.255 e. The minimum Gasteiger partial charge on any atom is -0.493 e. The fourth-order valence-corrected chi connectivity index (χ4v) is 2.72. The summed E-state index contributed by atoms with van der Waals surface area (Å²) >= 11 is 1.70. The molecule has 6 heteroatoms. The zero-order chi connectivity index (χ0) is 15.8. The molecule has 0 saturated heterocycles. The third-order valence-electron chi connectivity index (χ3n) is 3.00. The number of carbonyl (C=O) groups excluding carboxylic acids is 1. The monoisotopic (exact) mass is 321 g/mol. The number of furan rings is 1. The van der Waals surface area contributed by atoms with Gasteiger partial charge in [0.15, 0.2) is 11.5 Å². The maximum Gasteiger partial charge on any atom is 0.255 e. The molecule has 0 unspecified atom stereocenters. The van der Waals surface area contributed by atoms with E-state index in [1.54, 1.807) is 43.3 Å². The van der Waals surface area contributed by atoms with Gasteiger partial charge in [0, 0.05) is 12.3 Å². The molecule has 0 radical (unpaired) electrons. The normalized spacial score (nSPS) is 10.3. The van der Waals surface area contributed by atoms with Crippen LogP contribution in [-0.2, 0) is 5.75 Å². The summed E-state index contributed by atoms with van der Waals surface area (Å²) in [7, 11) is 3.07. The van der Waals surface area contributed by atoms with Crippen molar-refractivity contribution in [3.8, 4) is 11.5 Å². The standard InChI is InChI=1S/C16H19NO4S/c1-19-14-7-3-6-13(15(14)20-2)16(18)17-8-10-22-11-12-5-4-9-21-12/h3-7,9H,8,10-11H2,1-2H3,(H,17,18). The van der Waals surface area contributed by atoms with Crippen LogP contribution in [0.5, 0.6) is 11.5 Å². The molecule has 1 N–H and O–H groups in total. The van der Waals surface area contributed by atoms with Crippen LogP contribution in [-0.4, -0.2) is 32.4 Å². The van der Waals surface area contributed by atoms with Crippen LogP contribution in [0.4, 0.5) is 0 Å². The van der Waals surface area contributed by atoms with Gasteiger partial charge in [0.25, 0.3) is 5.91 Å². The van der Waals surface area contributed by atoms with Crippen molar-refractivity contribution in [1.29, 1.82) is 0 Å². The van der Waals surface area contributed by atoms with Crippen LogP contribution >= 0.6 is 11.8 Å². The number of methoxy groups -OCH3 is 2. The van der Waals surface area contributed by atoms with E-state index in [4.69, 9.17) is 13.9 Å². The molecule has 0 fully saturated rings. The van der Waals surface area contributed by atoms with Gasteiger partial charge in [0.1, 0.15) is 5.76 Å². The number of carbonyl (C=O) groups is 1. The summed E-state index contributed by atoms with van der Waals surface area (Å²) in [6, 6.07) is 9.04. The number of ether oxygens (including phenoxy) is 2. The molecule has 0 aliphatic heterocycles.